The van der Waals surface area contributed by atoms with Gasteiger partial charge < -0.3 is 15.3 Å². The number of aliphatic hydroxyl groups excluding tert-OH is 2. The van der Waals surface area contributed by atoms with Gasteiger partial charge >= 0.3 is 0 Å². The zero-order valence-corrected chi connectivity index (χ0v) is 14.7. The van der Waals surface area contributed by atoms with E-state index in [1.165, 1.54) is 0 Å². The first-order valence-corrected chi connectivity index (χ1v) is 8.50. The van der Waals surface area contributed by atoms with Crippen molar-refractivity contribution in [1.82, 2.24) is 0 Å². The molecule has 0 saturated heterocycles. The minimum Gasteiger partial charge on any atom is -0.389 e. The second-order valence-corrected chi connectivity index (χ2v) is 7.92. The Morgan fingerprint density at radius 1 is 1.25 bits per heavy atom. The number of hydrogen-bond acceptors (Lipinski definition) is 5. The highest BCUT2D eigenvalue weighted by molar-refractivity contribution is 6.13. The summed E-state index contributed by atoms with van der Waals surface area (Å²) >= 11 is 0. The molecular formula is C19H28O5. The van der Waals surface area contributed by atoms with Crippen molar-refractivity contribution >= 4 is 11.6 Å². The first-order chi connectivity index (χ1) is 11.0. The van der Waals surface area contributed by atoms with Crippen LogP contribution in [0.2, 0.25) is 0 Å². The molecule has 2 bridgehead atoms. The Balaban J connectivity index is 2.51. The van der Waals surface area contributed by atoms with Crippen LogP contribution in [-0.4, -0.2) is 44.7 Å². The van der Waals surface area contributed by atoms with Crippen LogP contribution in [0.3, 0.4) is 0 Å². The fourth-order valence-corrected chi connectivity index (χ4v) is 4.10. The molecule has 2 aliphatic rings. The lowest BCUT2D eigenvalue weighted by Gasteiger charge is -2.50. The molecule has 24 heavy (non-hydrogen) atoms. The van der Waals surface area contributed by atoms with Gasteiger partial charge in [0.1, 0.15) is 6.10 Å². The van der Waals surface area contributed by atoms with Crippen LogP contribution in [0.1, 0.15) is 52.9 Å². The maximum atomic E-state index is 12.8. The van der Waals surface area contributed by atoms with Gasteiger partial charge in [0.2, 0.25) is 5.78 Å². The summed E-state index contributed by atoms with van der Waals surface area (Å²) in [6.07, 6.45) is 1.24. The molecular weight excluding hydrogens is 308 g/mol. The lowest BCUT2D eigenvalue weighted by molar-refractivity contribution is -0.185. The van der Waals surface area contributed by atoms with E-state index >= 15 is 0 Å². The number of rotatable bonds is 0. The molecule has 134 valence electrons. The molecule has 1 fully saturated rings. The molecule has 0 aromatic carbocycles. The SMILES string of the molecule is C=C1CCC2CC(O)C(=O)C(O)(C(=O)CC(C)=CC(O)C1)C2(C)C. The van der Waals surface area contributed by atoms with Gasteiger partial charge in [0, 0.05) is 11.8 Å². The summed E-state index contributed by atoms with van der Waals surface area (Å²) < 4.78 is 0. The van der Waals surface area contributed by atoms with Crippen LogP contribution >= 0.6 is 0 Å². The summed E-state index contributed by atoms with van der Waals surface area (Å²) in [5, 5.41) is 31.3. The predicted molar refractivity (Wildman–Crippen MR) is 90.2 cm³/mol. The van der Waals surface area contributed by atoms with Crippen molar-refractivity contribution in [1.29, 1.82) is 0 Å². The molecule has 0 aliphatic heterocycles. The van der Waals surface area contributed by atoms with Crippen LogP contribution in [0.4, 0.5) is 0 Å². The molecule has 4 unspecified atom stereocenters. The average molecular weight is 336 g/mol. The van der Waals surface area contributed by atoms with Gasteiger partial charge in [0.25, 0.3) is 0 Å². The number of carbonyl (C=O) groups excluding carboxylic acids is 2. The number of allylic oxidation sites excluding steroid dienone is 1. The van der Waals surface area contributed by atoms with Crippen LogP contribution in [0.5, 0.6) is 0 Å². The highest BCUT2D eigenvalue weighted by atomic mass is 16.3. The fraction of sp³-hybridized carbons (Fsp3) is 0.684. The monoisotopic (exact) mass is 336 g/mol. The Morgan fingerprint density at radius 2 is 1.88 bits per heavy atom. The lowest BCUT2D eigenvalue weighted by Crippen LogP contribution is -2.66. The smallest absolute Gasteiger partial charge is 0.200 e. The van der Waals surface area contributed by atoms with Gasteiger partial charge in [-0.25, -0.2) is 0 Å². The molecule has 1 saturated carbocycles. The van der Waals surface area contributed by atoms with E-state index in [4.69, 9.17) is 0 Å². The van der Waals surface area contributed by atoms with Crippen molar-refractivity contribution in [2.75, 3.05) is 0 Å². The average Bonchev–Trinajstić information content (AvgIpc) is 2.46. The first-order valence-electron chi connectivity index (χ1n) is 8.50. The molecule has 2 aliphatic carbocycles. The highest BCUT2D eigenvalue weighted by Gasteiger charge is 2.62. The van der Waals surface area contributed by atoms with E-state index in [1.54, 1.807) is 26.8 Å². The molecule has 5 heteroatoms. The minimum atomic E-state index is -2.21. The maximum Gasteiger partial charge on any atom is 0.200 e. The molecule has 0 radical (unpaired) electrons. The third-order valence-electron chi connectivity index (χ3n) is 5.78. The van der Waals surface area contributed by atoms with E-state index in [0.717, 1.165) is 5.57 Å². The minimum absolute atomic E-state index is 0.130. The quantitative estimate of drug-likeness (QED) is 0.462. The van der Waals surface area contributed by atoms with Crippen LogP contribution in [0, 0.1) is 11.3 Å². The lowest BCUT2D eigenvalue weighted by atomic mass is 9.55. The Morgan fingerprint density at radius 3 is 2.50 bits per heavy atom. The van der Waals surface area contributed by atoms with Crippen molar-refractivity contribution in [3.63, 3.8) is 0 Å². The zero-order valence-electron chi connectivity index (χ0n) is 14.7. The van der Waals surface area contributed by atoms with Crippen LogP contribution in [0.25, 0.3) is 0 Å². The number of Topliss-reactive ketones (excluding diaryl/α,β-unsaturated/α-hetero) is 2. The van der Waals surface area contributed by atoms with E-state index in [2.05, 4.69) is 6.58 Å². The Labute approximate surface area is 143 Å². The summed E-state index contributed by atoms with van der Waals surface area (Å²) in [4.78, 5) is 25.3. The normalized spacial score (nSPS) is 38.2. The van der Waals surface area contributed by atoms with Crippen molar-refractivity contribution in [3.8, 4) is 0 Å². The molecule has 0 heterocycles. The fourth-order valence-electron chi connectivity index (χ4n) is 4.10. The summed E-state index contributed by atoms with van der Waals surface area (Å²) in [6, 6.07) is 0. The molecule has 0 spiro atoms. The van der Waals surface area contributed by atoms with Crippen LogP contribution in [0.15, 0.2) is 23.8 Å². The third-order valence-corrected chi connectivity index (χ3v) is 5.78. The van der Waals surface area contributed by atoms with E-state index in [0.29, 0.717) is 24.8 Å². The Hall–Kier alpha value is -1.30. The molecule has 0 aromatic rings. The standard InChI is InChI=1S/C19H28O5/c1-11-5-6-13-10-15(21)17(23)19(24,18(13,3)4)16(22)9-12(2)8-14(20)7-11/h8,13-15,20-21,24H,1,5-7,9-10H2,2-4H3. The van der Waals surface area contributed by atoms with Crippen molar-refractivity contribution in [2.24, 2.45) is 11.3 Å². The van der Waals surface area contributed by atoms with Gasteiger partial charge in [-0.15, -0.1) is 0 Å². The van der Waals surface area contributed by atoms with Crippen molar-refractivity contribution in [2.45, 2.75) is 70.7 Å². The van der Waals surface area contributed by atoms with Crippen LogP contribution in [-0.2, 0) is 9.59 Å². The number of aliphatic hydroxyl groups is 3. The van der Waals surface area contributed by atoms with Gasteiger partial charge in [-0.1, -0.05) is 37.6 Å². The van der Waals surface area contributed by atoms with Gasteiger partial charge in [-0.2, -0.15) is 0 Å². The van der Waals surface area contributed by atoms with E-state index < -0.39 is 34.8 Å². The topological polar surface area (TPSA) is 94.8 Å². The molecule has 0 amide bonds. The number of carbonyl (C=O) groups is 2. The first kappa shape index (κ1) is 19.0. The number of fused-ring (bicyclic) bond motifs is 2. The molecule has 2 rings (SSSR count). The summed E-state index contributed by atoms with van der Waals surface area (Å²) in [6.45, 7) is 9.12. The predicted octanol–water partition coefficient (Wildman–Crippen LogP) is 1.70. The maximum absolute atomic E-state index is 12.8. The molecule has 0 aromatic heterocycles. The summed E-state index contributed by atoms with van der Waals surface area (Å²) in [5.41, 5.74) is -1.71. The van der Waals surface area contributed by atoms with E-state index in [-0.39, 0.29) is 18.8 Å². The third kappa shape index (κ3) is 3.13. The van der Waals surface area contributed by atoms with E-state index in [9.17, 15) is 24.9 Å². The molecule has 4 atom stereocenters. The summed E-state index contributed by atoms with van der Waals surface area (Å²) in [7, 11) is 0. The second-order valence-electron chi connectivity index (χ2n) is 7.92. The van der Waals surface area contributed by atoms with Crippen LogP contribution < -0.4 is 0 Å². The van der Waals surface area contributed by atoms with Gasteiger partial charge in [0.05, 0.1) is 6.10 Å². The number of hydrogen-bond donors (Lipinski definition) is 3. The van der Waals surface area contributed by atoms with E-state index in [1.807, 2.05) is 0 Å². The van der Waals surface area contributed by atoms with Crippen molar-refractivity contribution in [3.05, 3.63) is 23.8 Å². The van der Waals surface area contributed by atoms with Gasteiger partial charge in [0.15, 0.2) is 11.4 Å². The van der Waals surface area contributed by atoms with Gasteiger partial charge in [-0.3, -0.25) is 9.59 Å². The number of ketones is 2. The van der Waals surface area contributed by atoms with Gasteiger partial charge in [-0.05, 0) is 38.5 Å². The zero-order chi connectivity index (χ0) is 18.3. The second kappa shape index (κ2) is 6.54. The molecule has 3 N–H and O–H groups in total. The summed E-state index contributed by atoms with van der Waals surface area (Å²) in [5.74, 6) is -1.61. The van der Waals surface area contributed by atoms with Crippen molar-refractivity contribution < 1.29 is 24.9 Å². The Bertz CT molecular complexity index is 589. The molecule has 5 nitrogen and oxygen atoms in total. The largest absolute Gasteiger partial charge is 0.389 e. The highest BCUT2D eigenvalue weighted by Crippen LogP contribution is 2.49. The Kier molecular flexibility index (Phi) is 5.19.